The molecule has 1 amide bonds. The van der Waals surface area contributed by atoms with Crippen LogP contribution in [0.25, 0.3) is 0 Å². The number of amides is 1. The van der Waals surface area contributed by atoms with Crippen LogP contribution in [0.15, 0.2) is 40.2 Å². The number of hydrogen-bond donors (Lipinski definition) is 1. The fraction of sp³-hybridized carbons (Fsp3) is 0.214. The Labute approximate surface area is 125 Å². The number of carbonyl (C=O) groups excluding carboxylic acids is 1. The average Bonchev–Trinajstić information content (AvgIpc) is 2.83. The van der Waals surface area contributed by atoms with E-state index in [1.165, 1.54) is 11.3 Å². The van der Waals surface area contributed by atoms with Crippen LogP contribution in [0.5, 0.6) is 0 Å². The fourth-order valence-electron chi connectivity index (χ4n) is 1.62. The van der Waals surface area contributed by atoms with Crippen LogP contribution >= 0.6 is 27.3 Å². The lowest BCUT2D eigenvalue weighted by Crippen LogP contribution is -2.21. The van der Waals surface area contributed by atoms with Gasteiger partial charge >= 0.3 is 0 Å². The zero-order chi connectivity index (χ0) is 13.8. The van der Waals surface area contributed by atoms with E-state index >= 15 is 0 Å². The molecule has 0 fully saturated rings. The summed E-state index contributed by atoms with van der Waals surface area (Å²) in [4.78, 5) is 14.6. The highest BCUT2D eigenvalue weighted by Gasteiger charge is 2.07. The van der Waals surface area contributed by atoms with Gasteiger partial charge in [0.15, 0.2) is 0 Å². The van der Waals surface area contributed by atoms with E-state index < -0.39 is 0 Å². The molecule has 2 rings (SSSR count). The second-order valence-corrected chi connectivity index (χ2v) is 6.81. The zero-order valence-corrected chi connectivity index (χ0v) is 13.2. The molecule has 0 atom stereocenters. The van der Waals surface area contributed by atoms with Crippen molar-refractivity contribution >= 4 is 38.9 Å². The Bertz CT molecular complexity index is 563. The summed E-state index contributed by atoms with van der Waals surface area (Å²) in [5, 5.41) is 2.91. The predicted octanol–water partition coefficient (Wildman–Crippen LogP) is 3.51. The molecular formula is C14H15BrN2OS. The van der Waals surface area contributed by atoms with E-state index in [0.29, 0.717) is 6.54 Å². The minimum atomic E-state index is -0.0348. The van der Waals surface area contributed by atoms with Crippen LogP contribution in [0.3, 0.4) is 0 Å². The molecule has 0 aliphatic carbocycles. The minimum Gasteiger partial charge on any atom is -0.378 e. The summed E-state index contributed by atoms with van der Waals surface area (Å²) in [5.41, 5.74) is 2.24. The van der Waals surface area contributed by atoms with Crippen LogP contribution in [-0.2, 0) is 6.54 Å². The smallest absolute Gasteiger partial charge is 0.261 e. The van der Waals surface area contributed by atoms with E-state index in [4.69, 9.17) is 0 Å². The average molecular weight is 339 g/mol. The molecule has 1 heterocycles. The summed E-state index contributed by atoms with van der Waals surface area (Å²) in [6.45, 7) is 0.544. The van der Waals surface area contributed by atoms with E-state index in [1.54, 1.807) is 0 Å². The predicted molar refractivity (Wildman–Crippen MR) is 84.0 cm³/mol. The van der Waals surface area contributed by atoms with Gasteiger partial charge in [0.1, 0.15) is 0 Å². The maximum Gasteiger partial charge on any atom is 0.261 e. The zero-order valence-electron chi connectivity index (χ0n) is 10.8. The molecule has 2 aromatic rings. The lowest BCUT2D eigenvalue weighted by Gasteiger charge is -2.12. The van der Waals surface area contributed by atoms with Gasteiger partial charge in [0.2, 0.25) is 0 Å². The number of thiophene rings is 1. The molecule has 1 aromatic heterocycles. The van der Waals surface area contributed by atoms with Crippen molar-refractivity contribution in [1.29, 1.82) is 0 Å². The molecule has 0 aliphatic heterocycles. The molecule has 19 heavy (non-hydrogen) atoms. The second-order valence-electron chi connectivity index (χ2n) is 4.35. The molecule has 0 radical (unpaired) electrons. The van der Waals surface area contributed by atoms with E-state index in [2.05, 4.69) is 21.2 Å². The van der Waals surface area contributed by atoms with Crippen molar-refractivity contribution in [3.63, 3.8) is 0 Å². The molecular weight excluding hydrogens is 324 g/mol. The van der Waals surface area contributed by atoms with Gasteiger partial charge in [-0.05, 0) is 45.8 Å². The molecule has 0 saturated carbocycles. The third kappa shape index (κ3) is 3.81. The van der Waals surface area contributed by atoms with Gasteiger partial charge in [-0.1, -0.05) is 12.1 Å². The molecule has 0 saturated heterocycles. The van der Waals surface area contributed by atoms with Crippen molar-refractivity contribution in [3.8, 4) is 0 Å². The number of halogens is 1. The lowest BCUT2D eigenvalue weighted by atomic mass is 10.2. The lowest BCUT2D eigenvalue weighted by molar-refractivity contribution is 0.0955. The van der Waals surface area contributed by atoms with Crippen LogP contribution < -0.4 is 10.2 Å². The SMILES string of the molecule is CN(C)c1ccc(CNC(=O)c2ccc(Br)s2)cc1. The third-order valence-corrected chi connectivity index (χ3v) is 4.33. The highest BCUT2D eigenvalue weighted by molar-refractivity contribution is 9.11. The van der Waals surface area contributed by atoms with Crippen LogP contribution in [0.2, 0.25) is 0 Å². The molecule has 0 unspecified atom stereocenters. The van der Waals surface area contributed by atoms with Gasteiger partial charge in [0, 0.05) is 26.3 Å². The highest BCUT2D eigenvalue weighted by Crippen LogP contribution is 2.22. The summed E-state index contributed by atoms with van der Waals surface area (Å²) < 4.78 is 0.966. The maximum atomic E-state index is 11.9. The Kier molecular flexibility index (Phi) is 4.61. The summed E-state index contributed by atoms with van der Waals surface area (Å²) in [6.07, 6.45) is 0. The fourth-order valence-corrected chi connectivity index (χ4v) is 2.92. The van der Waals surface area contributed by atoms with Crippen LogP contribution in [-0.4, -0.2) is 20.0 Å². The molecule has 5 heteroatoms. The molecule has 100 valence electrons. The van der Waals surface area contributed by atoms with E-state index in [-0.39, 0.29) is 5.91 Å². The van der Waals surface area contributed by atoms with Crippen LogP contribution in [0.1, 0.15) is 15.2 Å². The number of anilines is 1. The summed E-state index contributed by atoms with van der Waals surface area (Å²) in [5.74, 6) is -0.0348. The van der Waals surface area contributed by atoms with Crippen molar-refractivity contribution in [3.05, 3.63) is 50.6 Å². The van der Waals surface area contributed by atoms with Gasteiger partial charge in [0.05, 0.1) is 8.66 Å². The minimum absolute atomic E-state index is 0.0348. The monoisotopic (exact) mass is 338 g/mol. The molecule has 0 aliphatic rings. The normalized spacial score (nSPS) is 10.3. The van der Waals surface area contributed by atoms with Gasteiger partial charge in [-0.3, -0.25) is 4.79 Å². The number of carbonyl (C=O) groups is 1. The molecule has 3 nitrogen and oxygen atoms in total. The first-order chi connectivity index (χ1) is 9.06. The number of nitrogens with zero attached hydrogens (tertiary/aromatic N) is 1. The number of hydrogen-bond acceptors (Lipinski definition) is 3. The van der Waals surface area contributed by atoms with E-state index in [1.807, 2.05) is 55.4 Å². The first-order valence-corrected chi connectivity index (χ1v) is 7.47. The van der Waals surface area contributed by atoms with Gasteiger partial charge in [-0.25, -0.2) is 0 Å². The van der Waals surface area contributed by atoms with Crippen LogP contribution in [0.4, 0.5) is 5.69 Å². The largest absolute Gasteiger partial charge is 0.378 e. The summed E-state index contributed by atoms with van der Waals surface area (Å²) in [6, 6.07) is 11.8. The van der Waals surface area contributed by atoms with Gasteiger partial charge in [-0.2, -0.15) is 0 Å². The van der Waals surface area contributed by atoms with E-state index in [0.717, 1.165) is 19.9 Å². The first kappa shape index (κ1) is 14.1. The van der Waals surface area contributed by atoms with Crippen molar-refractivity contribution in [2.75, 3.05) is 19.0 Å². The van der Waals surface area contributed by atoms with Crippen LogP contribution in [0, 0.1) is 0 Å². The maximum absolute atomic E-state index is 11.9. The second kappa shape index (κ2) is 6.21. The molecule has 1 N–H and O–H groups in total. The Morgan fingerprint density at radius 2 is 1.89 bits per heavy atom. The van der Waals surface area contributed by atoms with Gasteiger partial charge < -0.3 is 10.2 Å². The highest BCUT2D eigenvalue weighted by atomic mass is 79.9. The van der Waals surface area contributed by atoms with Crippen molar-refractivity contribution < 1.29 is 4.79 Å². The molecule has 0 spiro atoms. The quantitative estimate of drug-likeness (QED) is 0.925. The molecule has 1 aromatic carbocycles. The van der Waals surface area contributed by atoms with E-state index in [9.17, 15) is 4.79 Å². The number of nitrogens with one attached hydrogen (secondary N) is 1. The number of benzene rings is 1. The van der Waals surface area contributed by atoms with Crippen molar-refractivity contribution in [2.45, 2.75) is 6.54 Å². The van der Waals surface area contributed by atoms with Gasteiger partial charge in [0.25, 0.3) is 5.91 Å². The summed E-state index contributed by atoms with van der Waals surface area (Å²) in [7, 11) is 4.01. The standard InChI is InChI=1S/C14H15BrN2OS/c1-17(2)11-5-3-10(4-6-11)9-16-14(18)12-7-8-13(15)19-12/h3-8H,9H2,1-2H3,(H,16,18). The summed E-state index contributed by atoms with van der Waals surface area (Å²) >= 11 is 4.79. The topological polar surface area (TPSA) is 32.3 Å². The van der Waals surface area contributed by atoms with Crippen molar-refractivity contribution in [2.24, 2.45) is 0 Å². The first-order valence-electron chi connectivity index (χ1n) is 5.86. The number of rotatable bonds is 4. The Morgan fingerprint density at radius 1 is 1.21 bits per heavy atom. The molecule has 0 bridgehead atoms. The Balaban J connectivity index is 1.93. The Morgan fingerprint density at radius 3 is 2.42 bits per heavy atom. The third-order valence-electron chi connectivity index (χ3n) is 2.70. The van der Waals surface area contributed by atoms with Crippen molar-refractivity contribution in [1.82, 2.24) is 5.32 Å². The Hall–Kier alpha value is -1.33. The van der Waals surface area contributed by atoms with Gasteiger partial charge in [-0.15, -0.1) is 11.3 Å².